The standard InChI is InChI=1S/C14H17NO2/c1-10-6-7-11-4-2-3-5-13(11)14(10)17-9-12(16)8-15/h2-7,12,16H,8-9,15H2,1H3. The molecule has 0 aliphatic rings. The lowest BCUT2D eigenvalue weighted by Crippen LogP contribution is -2.26. The van der Waals surface area contributed by atoms with Crippen molar-refractivity contribution in [1.29, 1.82) is 0 Å². The van der Waals surface area contributed by atoms with Gasteiger partial charge in [0.05, 0.1) is 0 Å². The van der Waals surface area contributed by atoms with Crippen molar-refractivity contribution < 1.29 is 9.84 Å². The van der Waals surface area contributed by atoms with E-state index in [0.29, 0.717) is 0 Å². The Hall–Kier alpha value is -1.58. The first-order chi connectivity index (χ1) is 8.22. The van der Waals surface area contributed by atoms with Crippen LogP contribution in [0.2, 0.25) is 0 Å². The molecule has 17 heavy (non-hydrogen) atoms. The Labute approximate surface area is 101 Å². The molecule has 0 saturated heterocycles. The van der Waals surface area contributed by atoms with Crippen LogP contribution in [-0.2, 0) is 0 Å². The molecule has 3 heteroatoms. The number of nitrogens with two attached hydrogens (primary N) is 1. The fraction of sp³-hybridized carbons (Fsp3) is 0.286. The normalized spacial score (nSPS) is 12.6. The number of aliphatic hydroxyl groups excluding tert-OH is 1. The molecule has 0 aliphatic carbocycles. The Morgan fingerprint density at radius 3 is 2.76 bits per heavy atom. The van der Waals surface area contributed by atoms with E-state index in [9.17, 15) is 5.11 Å². The van der Waals surface area contributed by atoms with Crippen molar-refractivity contribution in [1.82, 2.24) is 0 Å². The highest BCUT2D eigenvalue weighted by Gasteiger charge is 2.08. The lowest BCUT2D eigenvalue weighted by atomic mass is 10.1. The Morgan fingerprint density at radius 2 is 2.00 bits per heavy atom. The summed E-state index contributed by atoms with van der Waals surface area (Å²) in [7, 11) is 0. The fourth-order valence-electron chi connectivity index (χ4n) is 1.79. The van der Waals surface area contributed by atoms with Gasteiger partial charge in [0.1, 0.15) is 18.5 Å². The predicted molar refractivity (Wildman–Crippen MR) is 69.2 cm³/mol. The van der Waals surface area contributed by atoms with Crippen LogP contribution in [-0.4, -0.2) is 24.4 Å². The van der Waals surface area contributed by atoms with Crippen LogP contribution in [0, 0.1) is 6.92 Å². The molecule has 90 valence electrons. The molecule has 1 atom stereocenters. The zero-order valence-corrected chi connectivity index (χ0v) is 9.89. The van der Waals surface area contributed by atoms with Crippen molar-refractivity contribution in [3.8, 4) is 5.75 Å². The molecule has 0 saturated carbocycles. The summed E-state index contributed by atoms with van der Waals surface area (Å²) in [5, 5.41) is 11.6. The highest BCUT2D eigenvalue weighted by molar-refractivity contribution is 5.89. The van der Waals surface area contributed by atoms with Crippen molar-refractivity contribution in [2.45, 2.75) is 13.0 Å². The van der Waals surface area contributed by atoms with Crippen molar-refractivity contribution in [3.63, 3.8) is 0 Å². The van der Waals surface area contributed by atoms with E-state index in [1.807, 2.05) is 37.3 Å². The second-order valence-electron chi connectivity index (χ2n) is 4.13. The van der Waals surface area contributed by atoms with Crippen LogP contribution in [0.15, 0.2) is 36.4 Å². The van der Waals surface area contributed by atoms with Gasteiger partial charge in [0.25, 0.3) is 0 Å². The maximum absolute atomic E-state index is 9.43. The van der Waals surface area contributed by atoms with Gasteiger partial charge in [0, 0.05) is 11.9 Å². The molecule has 2 aromatic rings. The first-order valence-corrected chi connectivity index (χ1v) is 5.71. The van der Waals surface area contributed by atoms with E-state index in [-0.39, 0.29) is 13.2 Å². The molecule has 3 N–H and O–H groups in total. The third-order valence-electron chi connectivity index (χ3n) is 2.77. The van der Waals surface area contributed by atoms with E-state index in [1.165, 1.54) is 0 Å². The van der Waals surface area contributed by atoms with Crippen LogP contribution >= 0.6 is 0 Å². The van der Waals surface area contributed by atoms with Gasteiger partial charge in [0.15, 0.2) is 0 Å². The van der Waals surface area contributed by atoms with Crippen LogP contribution in [0.3, 0.4) is 0 Å². The Bertz CT molecular complexity index is 511. The maximum atomic E-state index is 9.43. The second-order valence-corrected chi connectivity index (χ2v) is 4.13. The predicted octanol–water partition coefficient (Wildman–Crippen LogP) is 1.85. The van der Waals surface area contributed by atoms with Crippen LogP contribution in [0.5, 0.6) is 5.75 Å². The van der Waals surface area contributed by atoms with Crippen molar-refractivity contribution in [2.75, 3.05) is 13.2 Å². The number of hydrogen-bond acceptors (Lipinski definition) is 3. The van der Waals surface area contributed by atoms with Gasteiger partial charge < -0.3 is 15.6 Å². The van der Waals surface area contributed by atoms with E-state index in [0.717, 1.165) is 22.1 Å². The molecule has 0 aliphatic heterocycles. The molecule has 0 spiro atoms. The zero-order chi connectivity index (χ0) is 12.3. The second kappa shape index (κ2) is 5.17. The minimum atomic E-state index is -0.617. The zero-order valence-electron chi connectivity index (χ0n) is 9.89. The summed E-state index contributed by atoms with van der Waals surface area (Å²) >= 11 is 0. The highest BCUT2D eigenvalue weighted by Crippen LogP contribution is 2.29. The van der Waals surface area contributed by atoms with Gasteiger partial charge in [-0.05, 0) is 17.9 Å². The molecule has 0 amide bonds. The summed E-state index contributed by atoms with van der Waals surface area (Å²) in [5.74, 6) is 0.829. The molecule has 3 nitrogen and oxygen atoms in total. The van der Waals surface area contributed by atoms with Crippen LogP contribution in [0.4, 0.5) is 0 Å². The van der Waals surface area contributed by atoms with Crippen LogP contribution in [0.25, 0.3) is 10.8 Å². The van der Waals surface area contributed by atoms with Crippen LogP contribution in [0.1, 0.15) is 5.56 Å². The van der Waals surface area contributed by atoms with Gasteiger partial charge in [-0.3, -0.25) is 0 Å². The minimum absolute atomic E-state index is 0.212. The molecule has 0 heterocycles. The van der Waals surface area contributed by atoms with Crippen molar-refractivity contribution in [3.05, 3.63) is 42.0 Å². The number of aryl methyl sites for hydroxylation is 1. The van der Waals surface area contributed by atoms with Gasteiger partial charge in [0.2, 0.25) is 0 Å². The molecule has 0 fully saturated rings. The van der Waals surface area contributed by atoms with Gasteiger partial charge in [-0.15, -0.1) is 0 Å². The van der Waals surface area contributed by atoms with E-state index < -0.39 is 6.10 Å². The largest absolute Gasteiger partial charge is 0.490 e. The minimum Gasteiger partial charge on any atom is -0.490 e. The van der Waals surface area contributed by atoms with Gasteiger partial charge >= 0.3 is 0 Å². The average molecular weight is 231 g/mol. The molecule has 0 bridgehead atoms. The summed E-state index contributed by atoms with van der Waals surface area (Å²) in [6, 6.07) is 12.1. The van der Waals surface area contributed by atoms with E-state index in [4.69, 9.17) is 10.5 Å². The van der Waals surface area contributed by atoms with Crippen molar-refractivity contribution >= 4 is 10.8 Å². The molecule has 0 radical (unpaired) electrons. The lowest BCUT2D eigenvalue weighted by Gasteiger charge is -2.14. The van der Waals surface area contributed by atoms with Gasteiger partial charge in [-0.1, -0.05) is 36.4 Å². The Balaban J connectivity index is 2.34. The van der Waals surface area contributed by atoms with E-state index in [2.05, 4.69) is 6.07 Å². The molecular formula is C14H17NO2. The summed E-state index contributed by atoms with van der Waals surface area (Å²) in [6.45, 7) is 2.44. The highest BCUT2D eigenvalue weighted by atomic mass is 16.5. The number of benzene rings is 2. The number of aliphatic hydroxyl groups is 1. The Kier molecular flexibility index (Phi) is 3.61. The summed E-state index contributed by atoms with van der Waals surface area (Å²) < 4.78 is 5.67. The van der Waals surface area contributed by atoms with Crippen molar-refractivity contribution in [2.24, 2.45) is 5.73 Å². The van der Waals surface area contributed by atoms with Gasteiger partial charge in [-0.2, -0.15) is 0 Å². The average Bonchev–Trinajstić information content (AvgIpc) is 2.37. The van der Waals surface area contributed by atoms with E-state index >= 15 is 0 Å². The summed E-state index contributed by atoms with van der Waals surface area (Å²) in [6.07, 6.45) is -0.617. The fourth-order valence-corrected chi connectivity index (χ4v) is 1.79. The van der Waals surface area contributed by atoms with Gasteiger partial charge in [-0.25, -0.2) is 0 Å². The number of rotatable bonds is 4. The molecule has 1 unspecified atom stereocenters. The van der Waals surface area contributed by atoms with Crippen LogP contribution < -0.4 is 10.5 Å². The lowest BCUT2D eigenvalue weighted by molar-refractivity contribution is 0.114. The first-order valence-electron chi connectivity index (χ1n) is 5.71. The smallest absolute Gasteiger partial charge is 0.130 e. The Morgan fingerprint density at radius 1 is 1.24 bits per heavy atom. The molecule has 2 rings (SSSR count). The molecular weight excluding hydrogens is 214 g/mol. The molecule has 0 aromatic heterocycles. The number of fused-ring (bicyclic) bond motifs is 1. The maximum Gasteiger partial charge on any atom is 0.130 e. The summed E-state index contributed by atoms with van der Waals surface area (Å²) in [4.78, 5) is 0. The third kappa shape index (κ3) is 2.57. The van der Waals surface area contributed by atoms with E-state index in [1.54, 1.807) is 0 Å². The summed E-state index contributed by atoms with van der Waals surface area (Å²) in [5.41, 5.74) is 6.42. The number of ether oxygens (including phenoxy) is 1. The SMILES string of the molecule is Cc1ccc2ccccc2c1OCC(O)CN. The first kappa shape index (κ1) is 11.9. The topological polar surface area (TPSA) is 55.5 Å². The molecule has 2 aromatic carbocycles. The number of hydrogen-bond donors (Lipinski definition) is 2. The quantitative estimate of drug-likeness (QED) is 0.844. The third-order valence-corrected chi connectivity index (χ3v) is 2.77. The monoisotopic (exact) mass is 231 g/mol.